The fourth-order valence-corrected chi connectivity index (χ4v) is 11.0. The second kappa shape index (κ2) is 29.9. The van der Waals surface area contributed by atoms with Crippen molar-refractivity contribution in [1.29, 1.82) is 0 Å². The van der Waals surface area contributed by atoms with Gasteiger partial charge in [-0.2, -0.15) is 0 Å². The van der Waals surface area contributed by atoms with Gasteiger partial charge in [0.2, 0.25) is 0 Å². The van der Waals surface area contributed by atoms with E-state index < -0.39 is 28.7 Å². The molecule has 84 heavy (non-hydrogen) atoms. The lowest BCUT2D eigenvalue weighted by molar-refractivity contribution is 0.0978. The highest BCUT2D eigenvalue weighted by Gasteiger charge is 2.34. The number of benzene rings is 8. The Morgan fingerprint density at radius 3 is 1.37 bits per heavy atom. The Kier molecular flexibility index (Phi) is 22.6. The average Bonchev–Trinajstić information content (AvgIpc) is 3.05. The van der Waals surface area contributed by atoms with E-state index in [0.717, 1.165) is 16.7 Å². The molecule has 0 saturated carbocycles. The number of fused-ring (bicyclic) bond motifs is 2. The molecule has 0 saturated heterocycles. The number of aliphatic hydroxyl groups is 1. The van der Waals surface area contributed by atoms with Crippen molar-refractivity contribution in [3.8, 4) is 11.5 Å². The summed E-state index contributed by atoms with van der Waals surface area (Å²) in [4.78, 5) is 65.0. The summed E-state index contributed by atoms with van der Waals surface area (Å²) in [5, 5.41) is 17.3. The molecular weight excluding hydrogens is 1150 g/mol. The van der Waals surface area contributed by atoms with E-state index in [4.69, 9.17) is 36.8 Å². The summed E-state index contributed by atoms with van der Waals surface area (Å²) in [6.45, 7) is 8.37. The number of anilines is 4. The molecule has 10 rings (SSSR count). The van der Waals surface area contributed by atoms with E-state index in [0.29, 0.717) is 122 Å². The molecule has 8 aromatic carbocycles. The van der Waals surface area contributed by atoms with E-state index in [-0.39, 0.29) is 31.1 Å². The monoisotopic (exact) mass is 1210 g/mol. The number of aliphatic hydroxyl groups excluding tert-OH is 1. The topological polar surface area (TPSA) is 201 Å². The largest absolute Gasteiger partial charge is 0.805 e. The number of carbonyl (C=O) groups is 4. The molecule has 2 heterocycles. The van der Waals surface area contributed by atoms with Crippen LogP contribution in [0.3, 0.4) is 0 Å². The van der Waals surface area contributed by atoms with Crippen LogP contribution in [-0.4, -0.2) is 46.7 Å². The fourth-order valence-electron chi connectivity index (χ4n) is 9.60. The molecule has 15 nitrogen and oxygen atoms in total. The minimum Gasteiger partial charge on any atom is -0.388 e. The molecule has 432 valence electrons. The predicted octanol–water partition coefficient (Wildman–Crippen LogP) is 16.5. The highest BCUT2D eigenvalue weighted by atomic mass is 35.5. The smallest absolute Gasteiger partial charge is 0.388 e. The highest BCUT2D eigenvalue weighted by molar-refractivity contribution is 7.34. The first-order valence-electron chi connectivity index (χ1n) is 26.6. The lowest BCUT2D eigenvalue weighted by atomic mass is 10.0. The van der Waals surface area contributed by atoms with Crippen LogP contribution >= 0.6 is 39.7 Å². The number of hydrogen-bond acceptors (Lipinski definition) is 10. The van der Waals surface area contributed by atoms with Gasteiger partial charge >= 0.3 is 16.5 Å². The number of para-hydroxylation sites is 2. The van der Waals surface area contributed by atoms with E-state index in [1.54, 1.807) is 143 Å². The lowest BCUT2D eigenvalue weighted by Crippen LogP contribution is -2.32. The van der Waals surface area contributed by atoms with Gasteiger partial charge in [-0.3, -0.25) is 19.2 Å². The molecule has 0 aromatic heterocycles. The molecule has 2 aliphatic heterocycles. The maximum Gasteiger partial charge on any atom is 0.805 e. The van der Waals surface area contributed by atoms with Gasteiger partial charge in [0.05, 0.1) is 11.8 Å². The SMILES string of the molecule is C.Cc1ccccc1C(=O)Nc1ccc(C(=O)N2CCCC(O)c3cc(Cl)ccc32)c(C)c1.Cc1ccccc1C(=O)Nc1ccc(C(=O)N2CCCC(O[P+](=O)O)c3cc(Cl)ccc32)c(C)c1.O=[P+](Oc1ccccc1)Oc1ccccc1. The quantitative estimate of drug-likeness (QED) is 0.0848. The van der Waals surface area contributed by atoms with Gasteiger partial charge in [0, 0.05) is 82.7 Å². The molecule has 4 amide bonds. The number of halogens is 2. The number of amides is 4. The number of nitrogens with zero attached hydrogens (tertiary/aromatic N) is 2. The number of hydrogen-bond donors (Lipinski definition) is 4. The molecule has 0 spiro atoms. The van der Waals surface area contributed by atoms with Crippen molar-refractivity contribution in [3.63, 3.8) is 0 Å². The molecule has 8 aromatic rings. The van der Waals surface area contributed by atoms with Crippen molar-refractivity contribution in [2.24, 2.45) is 0 Å². The standard InChI is InChI=1S/C26H24ClN2O5P.C26H25ClN2O3.C12H10O3P.CH4/c1-16-6-3-4-7-20(16)25(30)28-19-10-11-21(17(2)14-19)26(31)29-13-5-8-24(34-35(32)33)22-15-18(27)9-12-23(22)29;1-16-6-3-4-7-20(16)25(31)28-19-10-11-21(17(2)14-19)26(32)29-13-5-8-24(30)22-15-18(27)9-12-23(22)29;13-16(14-11-7-3-1-4-8-11)15-12-9-5-2-6-10-12;/h3-4,6-7,9-12,14-15,24H,5,8,13H2,1-2H3,(H-,28,30,31,32,33);3-4,6-7,9-12,14-15,24,30H,5,8,13H2,1-2H3,(H,28,31);1-10H;1H4/q;;+1;/p+1. The van der Waals surface area contributed by atoms with Crippen molar-refractivity contribution in [2.75, 3.05) is 33.5 Å². The third-order valence-corrected chi connectivity index (χ3v) is 15.4. The normalized spacial score (nSPS) is 14.3. The van der Waals surface area contributed by atoms with Crippen LogP contribution in [0.4, 0.5) is 22.7 Å². The zero-order valence-corrected chi connectivity index (χ0v) is 49.1. The van der Waals surface area contributed by atoms with Crippen molar-refractivity contribution < 1.29 is 51.9 Å². The number of aryl methyl sites for hydroxylation is 4. The summed E-state index contributed by atoms with van der Waals surface area (Å²) >= 11 is 12.3. The fraction of sp³-hybridized carbons (Fsp3) is 0.200. The van der Waals surface area contributed by atoms with Crippen LogP contribution in [0.2, 0.25) is 10.0 Å². The highest BCUT2D eigenvalue weighted by Crippen LogP contribution is 2.42. The third-order valence-electron chi connectivity index (χ3n) is 13.7. The van der Waals surface area contributed by atoms with Crippen molar-refractivity contribution in [1.82, 2.24) is 0 Å². The van der Waals surface area contributed by atoms with Crippen LogP contribution < -0.4 is 29.5 Å². The average molecular weight is 1210 g/mol. The van der Waals surface area contributed by atoms with Gasteiger partial charge < -0.3 is 25.5 Å². The Hall–Kier alpha value is -8.10. The first-order chi connectivity index (χ1) is 39.9. The molecular formula is C65H64Cl2N4O11P2+2. The first-order valence-corrected chi connectivity index (χ1v) is 29.5. The molecule has 0 bridgehead atoms. The summed E-state index contributed by atoms with van der Waals surface area (Å²) in [6.07, 6.45) is 1.01. The summed E-state index contributed by atoms with van der Waals surface area (Å²) in [6, 6.07) is 53.4. The molecule has 2 aliphatic rings. The van der Waals surface area contributed by atoms with Gasteiger partial charge in [0.1, 0.15) is 6.10 Å². The van der Waals surface area contributed by atoms with Crippen LogP contribution in [0, 0.1) is 27.7 Å². The van der Waals surface area contributed by atoms with Crippen LogP contribution in [0.15, 0.2) is 182 Å². The maximum atomic E-state index is 13.6. The maximum absolute atomic E-state index is 13.6. The van der Waals surface area contributed by atoms with E-state index in [2.05, 4.69) is 10.6 Å². The minimum atomic E-state index is -2.81. The van der Waals surface area contributed by atoms with Gasteiger partial charge in [0.15, 0.2) is 11.5 Å². The number of nitrogens with one attached hydrogen (secondary N) is 2. The lowest BCUT2D eigenvalue weighted by Gasteiger charge is -2.24. The Bertz CT molecular complexity index is 3640. The zero-order valence-electron chi connectivity index (χ0n) is 45.8. The van der Waals surface area contributed by atoms with Crippen LogP contribution in [-0.2, 0) is 13.7 Å². The Morgan fingerprint density at radius 2 is 0.929 bits per heavy atom. The summed E-state index contributed by atoms with van der Waals surface area (Å²) < 4.78 is 38.3. The van der Waals surface area contributed by atoms with Gasteiger partial charge in [-0.1, -0.05) is 103 Å². The van der Waals surface area contributed by atoms with Crippen molar-refractivity contribution in [3.05, 3.63) is 248 Å². The minimum absolute atomic E-state index is 0. The molecule has 3 atom stereocenters. The van der Waals surface area contributed by atoms with Gasteiger partial charge in [-0.15, -0.1) is 9.42 Å². The molecule has 0 fully saturated rings. The van der Waals surface area contributed by atoms with Crippen molar-refractivity contribution in [2.45, 2.75) is 73.0 Å². The van der Waals surface area contributed by atoms with E-state index in [9.17, 15) is 38.3 Å². The third kappa shape index (κ3) is 16.6. The summed E-state index contributed by atoms with van der Waals surface area (Å²) in [5.74, 6) is 0.301. The Labute approximate surface area is 501 Å². The van der Waals surface area contributed by atoms with Gasteiger partial charge in [-0.05, 0) is 185 Å². The van der Waals surface area contributed by atoms with Crippen LogP contribution in [0.5, 0.6) is 11.5 Å². The molecule has 4 N–H and O–H groups in total. The molecule has 0 radical (unpaired) electrons. The second-order valence-corrected chi connectivity index (χ2v) is 22.0. The summed E-state index contributed by atoms with van der Waals surface area (Å²) in [5.41, 5.74) is 9.26. The number of rotatable bonds is 12. The first kappa shape index (κ1) is 63.5. The van der Waals surface area contributed by atoms with Gasteiger partial charge in [0.25, 0.3) is 23.6 Å². The molecule has 0 aliphatic carbocycles. The van der Waals surface area contributed by atoms with Gasteiger partial charge in [-0.25, -0.2) is 9.05 Å². The van der Waals surface area contributed by atoms with E-state index in [1.165, 1.54) is 0 Å². The predicted molar refractivity (Wildman–Crippen MR) is 332 cm³/mol. The van der Waals surface area contributed by atoms with E-state index >= 15 is 0 Å². The molecule has 19 heteroatoms. The number of carbonyl (C=O) groups excluding carboxylic acids is 4. The summed E-state index contributed by atoms with van der Waals surface area (Å²) in [7, 11) is -4.99. The second-order valence-electron chi connectivity index (χ2n) is 19.6. The van der Waals surface area contributed by atoms with Crippen LogP contribution in [0.1, 0.15) is 120 Å². The van der Waals surface area contributed by atoms with Crippen molar-refractivity contribution >= 4 is 86.1 Å². The Balaban J connectivity index is 0.000000191. The van der Waals surface area contributed by atoms with Crippen LogP contribution in [0.25, 0.3) is 0 Å². The zero-order chi connectivity index (χ0) is 59.2. The van der Waals surface area contributed by atoms with E-state index in [1.807, 2.05) is 76.2 Å². The Morgan fingerprint density at radius 1 is 0.512 bits per heavy atom. The molecule has 3 unspecified atom stereocenters.